The number of morpholine rings is 1. The van der Waals surface area contributed by atoms with Crippen molar-refractivity contribution < 1.29 is 17.9 Å². The van der Waals surface area contributed by atoms with Gasteiger partial charge in [0.1, 0.15) is 0 Å². The molecule has 90 valence electrons. The van der Waals surface area contributed by atoms with E-state index >= 15 is 0 Å². The molecule has 1 saturated heterocycles. The van der Waals surface area contributed by atoms with E-state index in [1.165, 1.54) is 0 Å². The van der Waals surface area contributed by atoms with Crippen molar-refractivity contribution in [2.24, 2.45) is 0 Å². The monoisotopic (exact) mass is 245 g/mol. The van der Waals surface area contributed by atoms with Gasteiger partial charge in [-0.25, -0.2) is 0 Å². The Bertz CT molecular complexity index is 200. The first kappa shape index (κ1) is 13.1. The average molecular weight is 246 g/mol. The molecule has 15 heavy (non-hydrogen) atoms. The minimum absolute atomic E-state index is 0.0292. The van der Waals surface area contributed by atoms with E-state index in [0.717, 1.165) is 0 Å². The number of hydrogen-bond acceptors (Lipinski definition) is 2. The van der Waals surface area contributed by atoms with Crippen LogP contribution >= 0.6 is 11.6 Å². The molecule has 2 nitrogen and oxygen atoms in total. The Morgan fingerprint density at radius 3 is 2.67 bits per heavy atom. The van der Waals surface area contributed by atoms with Crippen molar-refractivity contribution in [3.8, 4) is 0 Å². The molecule has 0 aromatic rings. The number of hydrogen-bond donors (Lipinski definition) is 0. The van der Waals surface area contributed by atoms with Gasteiger partial charge in [-0.05, 0) is 6.92 Å². The minimum atomic E-state index is -4.09. The van der Waals surface area contributed by atoms with Gasteiger partial charge < -0.3 is 4.74 Å². The maximum Gasteiger partial charge on any atom is 0.390 e. The van der Waals surface area contributed by atoms with Gasteiger partial charge in [-0.2, -0.15) is 13.2 Å². The molecule has 0 spiro atoms. The van der Waals surface area contributed by atoms with Crippen LogP contribution in [0.1, 0.15) is 13.3 Å². The summed E-state index contributed by atoms with van der Waals surface area (Å²) >= 11 is 5.61. The molecule has 2 unspecified atom stereocenters. The molecule has 0 saturated carbocycles. The molecular weight excluding hydrogens is 231 g/mol. The van der Waals surface area contributed by atoms with Crippen molar-refractivity contribution in [1.29, 1.82) is 0 Å². The first-order valence-corrected chi connectivity index (χ1v) is 5.44. The van der Waals surface area contributed by atoms with Gasteiger partial charge >= 0.3 is 6.18 Å². The van der Waals surface area contributed by atoms with Crippen LogP contribution in [0, 0.1) is 0 Å². The topological polar surface area (TPSA) is 12.5 Å². The summed E-state index contributed by atoms with van der Waals surface area (Å²) < 4.78 is 41.4. The van der Waals surface area contributed by atoms with Gasteiger partial charge in [0.25, 0.3) is 0 Å². The van der Waals surface area contributed by atoms with E-state index in [9.17, 15) is 13.2 Å². The van der Waals surface area contributed by atoms with Gasteiger partial charge in [-0.3, -0.25) is 4.90 Å². The van der Waals surface area contributed by atoms with E-state index < -0.39 is 12.6 Å². The van der Waals surface area contributed by atoms with Crippen molar-refractivity contribution in [2.75, 3.05) is 25.6 Å². The standard InChI is InChI=1S/C9H15ClF3NO/c1-7-6-15-8(4-10)5-14(7)3-2-9(11,12)13/h7-8H,2-6H2,1H3. The highest BCUT2D eigenvalue weighted by molar-refractivity contribution is 6.18. The molecule has 0 aromatic carbocycles. The molecule has 0 aromatic heterocycles. The molecule has 1 rings (SSSR count). The van der Waals surface area contributed by atoms with Crippen molar-refractivity contribution in [3.63, 3.8) is 0 Å². The molecular formula is C9H15ClF3NO. The molecule has 2 atom stereocenters. The zero-order chi connectivity index (χ0) is 11.5. The second-order valence-electron chi connectivity index (χ2n) is 3.82. The third-order valence-electron chi connectivity index (χ3n) is 2.49. The Morgan fingerprint density at radius 1 is 1.47 bits per heavy atom. The van der Waals surface area contributed by atoms with Crippen molar-refractivity contribution in [2.45, 2.75) is 31.7 Å². The maximum atomic E-state index is 12.0. The van der Waals surface area contributed by atoms with E-state index in [-0.39, 0.29) is 18.7 Å². The molecule has 6 heteroatoms. The lowest BCUT2D eigenvalue weighted by Crippen LogP contribution is -2.49. The lowest BCUT2D eigenvalue weighted by Gasteiger charge is -2.37. The second kappa shape index (κ2) is 5.37. The summed E-state index contributed by atoms with van der Waals surface area (Å²) in [5.41, 5.74) is 0. The largest absolute Gasteiger partial charge is 0.390 e. The molecule has 0 radical (unpaired) electrons. The Hall–Kier alpha value is -0.0000000000000000555. The zero-order valence-corrected chi connectivity index (χ0v) is 9.31. The SMILES string of the molecule is CC1COC(CCl)CN1CCC(F)(F)F. The fourth-order valence-electron chi connectivity index (χ4n) is 1.55. The summed E-state index contributed by atoms with van der Waals surface area (Å²) in [6.45, 7) is 2.83. The molecule has 0 bridgehead atoms. The smallest absolute Gasteiger partial charge is 0.374 e. The molecule has 1 aliphatic rings. The lowest BCUT2D eigenvalue weighted by molar-refractivity contribution is -0.144. The molecule has 0 N–H and O–H groups in total. The van der Waals surface area contributed by atoms with Crippen LogP contribution in [0.25, 0.3) is 0 Å². The first-order chi connectivity index (χ1) is 6.92. The second-order valence-corrected chi connectivity index (χ2v) is 4.13. The van der Waals surface area contributed by atoms with Crippen LogP contribution in [0.3, 0.4) is 0 Å². The summed E-state index contributed by atoms with van der Waals surface area (Å²) in [6, 6.07) is 0.0341. The van der Waals surface area contributed by atoms with E-state index in [0.29, 0.717) is 19.0 Å². The molecule has 1 aliphatic heterocycles. The molecule has 1 fully saturated rings. The van der Waals surface area contributed by atoms with Crippen LogP contribution in [0.4, 0.5) is 13.2 Å². The van der Waals surface area contributed by atoms with Crippen LogP contribution < -0.4 is 0 Å². The lowest BCUT2D eigenvalue weighted by atomic mass is 10.2. The van der Waals surface area contributed by atoms with Crippen molar-refractivity contribution >= 4 is 11.6 Å². The maximum absolute atomic E-state index is 12.0. The molecule has 0 aliphatic carbocycles. The third-order valence-corrected chi connectivity index (χ3v) is 2.83. The van der Waals surface area contributed by atoms with Crippen LogP contribution in [0.2, 0.25) is 0 Å². The highest BCUT2D eigenvalue weighted by Crippen LogP contribution is 2.22. The van der Waals surface area contributed by atoms with Gasteiger partial charge in [0.15, 0.2) is 0 Å². The minimum Gasteiger partial charge on any atom is -0.374 e. The summed E-state index contributed by atoms with van der Waals surface area (Å²) in [4.78, 5) is 1.78. The predicted octanol–water partition coefficient (Wildman–Crippen LogP) is 2.27. The number of nitrogens with zero attached hydrogens (tertiary/aromatic N) is 1. The molecule has 1 heterocycles. The highest BCUT2D eigenvalue weighted by Gasteiger charge is 2.31. The van der Waals surface area contributed by atoms with Crippen LogP contribution in [-0.2, 0) is 4.74 Å². The Kier molecular flexibility index (Phi) is 4.67. The first-order valence-electron chi connectivity index (χ1n) is 4.90. The normalized spacial score (nSPS) is 29.4. The molecule has 0 amide bonds. The van der Waals surface area contributed by atoms with Gasteiger partial charge in [-0.1, -0.05) is 0 Å². The Balaban J connectivity index is 2.38. The number of ether oxygens (including phenoxy) is 1. The van der Waals surface area contributed by atoms with Crippen LogP contribution in [0.5, 0.6) is 0 Å². The van der Waals surface area contributed by atoms with Crippen molar-refractivity contribution in [3.05, 3.63) is 0 Å². The highest BCUT2D eigenvalue weighted by atomic mass is 35.5. The quantitative estimate of drug-likeness (QED) is 0.708. The van der Waals surface area contributed by atoms with Gasteiger partial charge in [-0.15, -0.1) is 11.6 Å². The van der Waals surface area contributed by atoms with E-state index in [2.05, 4.69) is 0 Å². The van der Waals surface area contributed by atoms with Crippen LogP contribution in [-0.4, -0.2) is 48.8 Å². The third kappa shape index (κ3) is 4.57. The summed E-state index contributed by atoms with van der Waals surface area (Å²) in [6.07, 6.45) is -5.00. The van der Waals surface area contributed by atoms with Gasteiger partial charge in [0.2, 0.25) is 0 Å². The van der Waals surface area contributed by atoms with Gasteiger partial charge in [0, 0.05) is 25.0 Å². The van der Waals surface area contributed by atoms with E-state index in [1.54, 1.807) is 4.90 Å². The number of rotatable bonds is 3. The Labute approximate surface area is 92.3 Å². The zero-order valence-electron chi connectivity index (χ0n) is 8.56. The summed E-state index contributed by atoms with van der Waals surface area (Å²) in [5, 5.41) is 0. The van der Waals surface area contributed by atoms with Crippen molar-refractivity contribution in [1.82, 2.24) is 4.90 Å². The fraction of sp³-hybridized carbons (Fsp3) is 1.00. The van der Waals surface area contributed by atoms with Crippen LogP contribution in [0.15, 0.2) is 0 Å². The Morgan fingerprint density at radius 2 is 2.13 bits per heavy atom. The average Bonchev–Trinajstić information content (AvgIpc) is 2.15. The number of alkyl halides is 4. The van der Waals surface area contributed by atoms with Gasteiger partial charge in [0.05, 0.1) is 19.1 Å². The summed E-state index contributed by atoms with van der Waals surface area (Å²) in [7, 11) is 0. The number of halogens is 4. The fourth-order valence-corrected chi connectivity index (χ4v) is 1.74. The van der Waals surface area contributed by atoms with E-state index in [1.807, 2.05) is 6.92 Å². The van der Waals surface area contributed by atoms with E-state index in [4.69, 9.17) is 16.3 Å². The predicted molar refractivity (Wildman–Crippen MR) is 52.2 cm³/mol. The summed E-state index contributed by atoms with van der Waals surface area (Å²) in [5.74, 6) is 0.329.